The third kappa shape index (κ3) is 4.42. The molecule has 0 fully saturated rings. The van der Waals surface area contributed by atoms with Gasteiger partial charge in [-0.1, -0.05) is 67.0 Å². The molecule has 5 rings (SSSR count). The first-order chi connectivity index (χ1) is 15.7. The van der Waals surface area contributed by atoms with Gasteiger partial charge in [0.25, 0.3) is 0 Å². The van der Waals surface area contributed by atoms with Crippen LogP contribution in [-0.2, 0) is 10.5 Å². The minimum atomic E-state index is -0.499. The van der Waals surface area contributed by atoms with Crippen LogP contribution in [0, 0.1) is 11.2 Å². The molecule has 0 amide bonds. The second-order valence-corrected chi connectivity index (χ2v) is 10.9. The van der Waals surface area contributed by atoms with Crippen molar-refractivity contribution in [1.29, 1.82) is 0 Å². The zero-order chi connectivity index (χ0) is 23.3. The van der Waals surface area contributed by atoms with Gasteiger partial charge in [-0.25, -0.2) is 9.07 Å². The molecule has 2 aliphatic rings. The SMILES string of the molecule is CC1(C)CC(=O)C2=C(C1)Nc1nc(SCc3cccc(F)c3)nn1[C@H]2c1ccc(Cl)cc1Cl. The van der Waals surface area contributed by atoms with E-state index in [1.807, 2.05) is 12.1 Å². The number of hydrogen-bond acceptors (Lipinski definition) is 5. The van der Waals surface area contributed by atoms with Crippen molar-refractivity contribution in [2.45, 2.75) is 43.6 Å². The molecule has 2 aromatic carbocycles. The lowest BCUT2D eigenvalue weighted by atomic mass is 9.73. The Bertz CT molecular complexity index is 1300. The van der Waals surface area contributed by atoms with E-state index in [2.05, 4.69) is 24.1 Å². The predicted octanol–water partition coefficient (Wildman–Crippen LogP) is 6.67. The number of rotatable bonds is 4. The number of hydrogen-bond donors (Lipinski definition) is 1. The van der Waals surface area contributed by atoms with Crippen molar-refractivity contribution >= 4 is 46.7 Å². The molecule has 0 saturated carbocycles. The molecule has 5 nitrogen and oxygen atoms in total. The normalized spacial score (nSPS) is 19.2. The van der Waals surface area contributed by atoms with E-state index < -0.39 is 6.04 Å². The van der Waals surface area contributed by atoms with E-state index >= 15 is 0 Å². The van der Waals surface area contributed by atoms with Crippen LogP contribution < -0.4 is 5.32 Å². The first kappa shape index (κ1) is 22.4. The molecular formula is C24H21Cl2FN4OS. The summed E-state index contributed by atoms with van der Waals surface area (Å²) >= 11 is 14.1. The highest BCUT2D eigenvalue weighted by Gasteiger charge is 2.42. The fourth-order valence-electron chi connectivity index (χ4n) is 4.44. The van der Waals surface area contributed by atoms with Crippen LogP contribution in [0.3, 0.4) is 0 Å². The molecular weight excluding hydrogens is 482 g/mol. The summed E-state index contributed by atoms with van der Waals surface area (Å²) in [6, 6.07) is 11.2. The van der Waals surface area contributed by atoms with Crippen molar-refractivity contribution in [1.82, 2.24) is 14.8 Å². The Hall–Kier alpha value is -2.35. The Morgan fingerprint density at radius 1 is 1.21 bits per heavy atom. The summed E-state index contributed by atoms with van der Waals surface area (Å²) in [6.45, 7) is 4.17. The molecule has 1 aliphatic carbocycles. The molecule has 9 heteroatoms. The summed E-state index contributed by atoms with van der Waals surface area (Å²) in [5, 5.41) is 9.57. The van der Waals surface area contributed by atoms with Gasteiger partial charge in [-0.15, -0.1) is 5.10 Å². The highest BCUT2D eigenvalue weighted by atomic mass is 35.5. The van der Waals surface area contributed by atoms with Crippen molar-refractivity contribution < 1.29 is 9.18 Å². The molecule has 1 aromatic heterocycles. The summed E-state index contributed by atoms with van der Waals surface area (Å²) in [5.41, 5.74) is 2.95. The van der Waals surface area contributed by atoms with Gasteiger partial charge in [-0.05, 0) is 41.7 Å². The van der Waals surface area contributed by atoms with Crippen LogP contribution in [0.15, 0.2) is 58.9 Å². The summed E-state index contributed by atoms with van der Waals surface area (Å²) in [6.07, 6.45) is 1.16. The van der Waals surface area contributed by atoms with Gasteiger partial charge in [0, 0.05) is 39.1 Å². The lowest BCUT2D eigenvalue weighted by Crippen LogP contribution is -2.36. The third-order valence-corrected chi connectivity index (χ3v) is 7.30. The largest absolute Gasteiger partial charge is 0.328 e. The van der Waals surface area contributed by atoms with Gasteiger partial charge in [-0.2, -0.15) is 4.98 Å². The van der Waals surface area contributed by atoms with Gasteiger partial charge < -0.3 is 5.32 Å². The number of thioether (sulfide) groups is 1. The van der Waals surface area contributed by atoms with E-state index in [-0.39, 0.29) is 17.0 Å². The van der Waals surface area contributed by atoms with Gasteiger partial charge in [0.2, 0.25) is 11.1 Å². The molecule has 0 bridgehead atoms. The summed E-state index contributed by atoms with van der Waals surface area (Å²) < 4.78 is 15.3. The maximum absolute atomic E-state index is 13.5. The fraction of sp³-hybridized carbons (Fsp3) is 0.292. The number of halogens is 3. The average Bonchev–Trinajstić information content (AvgIpc) is 3.13. The number of ketones is 1. The van der Waals surface area contributed by atoms with E-state index in [0.29, 0.717) is 45.3 Å². The van der Waals surface area contributed by atoms with Gasteiger partial charge >= 0.3 is 0 Å². The maximum Gasteiger partial charge on any atom is 0.227 e. The minimum Gasteiger partial charge on any atom is -0.328 e. The van der Waals surface area contributed by atoms with Crippen LogP contribution in [0.2, 0.25) is 10.0 Å². The zero-order valence-corrected chi connectivity index (χ0v) is 20.4. The molecule has 0 spiro atoms. The Labute approximate surface area is 205 Å². The summed E-state index contributed by atoms with van der Waals surface area (Å²) in [5.74, 6) is 0.867. The first-order valence-corrected chi connectivity index (χ1v) is 12.3. The van der Waals surface area contributed by atoms with Gasteiger partial charge in [0.05, 0.1) is 0 Å². The van der Waals surface area contributed by atoms with Crippen LogP contribution >= 0.6 is 35.0 Å². The molecule has 1 atom stereocenters. The van der Waals surface area contributed by atoms with Crippen molar-refractivity contribution in [2.24, 2.45) is 5.41 Å². The van der Waals surface area contributed by atoms with Crippen LogP contribution in [0.25, 0.3) is 0 Å². The number of allylic oxidation sites excluding steroid dienone is 2. The lowest BCUT2D eigenvalue weighted by molar-refractivity contribution is -0.118. The lowest BCUT2D eigenvalue weighted by Gasteiger charge is -2.38. The van der Waals surface area contributed by atoms with E-state index in [9.17, 15) is 9.18 Å². The molecule has 2 heterocycles. The molecule has 0 radical (unpaired) electrons. The molecule has 3 aromatic rings. The highest BCUT2D eigenvalue weighted by Crippen LogP contribution is 2.47. The molecule has 1 N–H and O–H groups in total. The number of anilines is 1. The number of carbonyl (C=O) groups excluding carboxylic acids is 1. The topological polar surface area (TPSA) is 59.8 Å². The predicted molar refractivity (Wildman–Crippen MR) is 129 cm³/mol. The second kappa shape index (κ2) is 8.46. The fourth-order valence-corrected chi connectivity index (χ4v) is 5.72. The van der Waals surface area contributed by atoms with E-state index in [0.717, 1.165) is 16.8 Å². The minimum absolute atomic E-state index is 0.0693. The smallest absolute Gasteiger partial charge is 0.227 e. The summed E-state index contributed by atoms with van der Waals surface area (Å²) in [7, 11) is 0. The summed E-state index contributed by atoms with van der Waals surface area (Å²) in [4.78, 5) is 18.0. The van der Waals surface area contributed by atoms with Crippen LogP contribution in [0.5, 0.6) is 0 Å². The van der Waals surface area contributed by atoms with Crippen molar-refractivity contribution in [3.05, 3.63) is 80.7 Å². The number of benzene rings is 2. The quantitative estimate of drug-likeness (QED) is 0.403. The zero-order valence-electron chi connectivity index (χ0n) is 18.0. The van der Waals surface area contributed by atoms with E-state index in [1.165, 1.54) is 23.9 Å². The molecule has 0 saturated heterocycles. The number of nitrogens with zero attached hydrogens (tertiary/aromatic N) is 3. The third-order valence-electron chi connectivity index (χ3n) is 5.83. The Kier molecular flexibility index (Phi) is 5.75. The van der Waals surface area contributed by atoms with Crippen LogP contribution in [0.1, 0.15) is 43.9 Å². The molecule has 33 heavy (non-hydrogen) atoms. The van der Waals surface area contributed by atoms with Crippen molar-refractivity contribution in [3.8, 4) is 0 Å². The number of carbonyl (C=O) groups is 1. The number of aromatic nitrogens is 3. The highest BCUT2D eigenvalue weighted by molar-refractivity contribution is 7.98. The Morgan fingerprint density at radius 3 is 2.79 bits per heavy atom. The Morgan fingerprint density at radius 2 is 2.03 bits per heavy atom. The van der Waals surface area contributed by atoms with E-state index in [4.69, 9.17) is 28.3 Å². The maximum atomic E-state index is 13.5. The van der Waals surface area contributed by atoms with Crippen molar-refractivity contribution in [3.63, 3.8) is 0 Å². The van der Waals surface area contributed by atoms with Gasteiger partial charge in [0.15, 0.2) is 5.78 Å². The number of Topliss-reactive ketones (excluding diaryl/α,β-unsaturated/α-hetero) is 1. The van der Waals surface area contributed by atoms with Crippen molar-refractivity contribution in [2.75, 3.05) is 5.32 Å². The molecule has 1 aliphatic heterocycles. The number of fused-ring (bicyclic) bond motifs is 1. The molecule has 170 valence electrons. The number of nitrogens with one attached hydrogen (secondary N) is 1. The molecule has 0 unspecified atom stereocenters. The van der Waals surface area contributed by atoms with E-state index in [1.54, 1.807) is 22.9 Å². The van der Waals surface area contributed by atoms with Gasteiger partial charge in [0.1, 0.15) is 11.9 Å². The second-order valence-electron chi connectivity index (χ2n) is 9.11. The van der Waals surface area contributed by atoms with Gasteiger partial charge in [-0.3, -0.25) is 4.79 Å². The van der Waals surface area contributed by atoms with Crippen LogP contribution in [0.4, 0.5) is 10.3 Å². The van der Waals surface area contributed by atoms with Crippen LogP contribution in [-0.4, -0.2) is 20.5 Å². The Balaban J connectivity index is 1.55. The monoisotopic (exact) mass is 502 g/mol. The average molecular weight is 503 g/mol. The first-order valence-electron chi connectivity index (χ1n) is 10.5. The standard InChI is InChI=1S/C24H21Cl2FN4OS/c1-24(2)10-18-20(19(32)11-24)21(16-7-6-14(25)9-17(16)26)31-22(28-18)29-23(30-31)33-12-13-4-3-5-15(27)8-13/h3-9,21H,10-12H2,1-2H3,(H,28,29,30)/t21-/m0/s1.